The van der Waals surface area contributed by atoms with Crippen molar-refractivity contribution in [1.82, 2.24) is 9.97 Å². The van der Waals surface area contributed by atoms with Crippen LogP contribution in [0.4, 0.5) is 11.6 Å². The molecular formula is C18H22N4O2. The van der Waals surface area contributed by atoms with E-state index in [0.717, 1.165) is 25.0 Å². The first-order valence-corrected chi connectivity index (χ1v) is 8.25. The Kier molecular flexibility index (Phi) is 5.25. The molecule has 0 unspecified atom stereocenters. The van der Waals surface area contributed by atoms with E-state index in [2.05, 4.69) is 27.1 Å². The average molecular weight is 326 g/mol. The highest BCUT2D eigenvalue weighted by Crippen LogP contribution is 2.20. The van der Waals surface area contributed by atoms with Crippen LogP contribution in [0.3, 0.4) is 0 Å². The van der Waals surface area contributed by atoms with Gasteiger partial charge in [-0.3, -0.25) is 4.79 Å². The number of amides is 1. The molecule has 1 aliphatic heterocycles. The van der Waals surface area contributed by atoms with Crippen LogP contribution in [0.2, 0.25) is 0 Å². The summed E-state index contributed by atoms with van der Waals surface area (Å²) >= 11 is 0. The van der Waals surface area contributed by atoms with Gasteiger partial charge in [-0.25, -0.2) is 9.97 Å². The number of carbonyl (C=O) groups is 1. The van der Waals surface area contributed by atoms with Crippen molar-refractivity contribution in [2.75, 3.05) is 29.9 Å². The topological polar surface area (TPSA) is 67.4 Å². The molecule has 6 nitrogen and oxygen atoms in total. The molecule has 1 aromatic heterocycles. The number of nitrogens with one attached hydrogen (secondary N) is 1. The lowest BCUT2D eigenvalue weighted by Gasteiger charge is -2.30. The highest BCUT2D eigenvalue weighted by Gasteiger charge is 2.17. The number of benzene rings is 1. The summed E-state index contributed by atoms with van der Waals surface area (Å²) in [7, 11) is 0. The van der Waals surface area contributed by atoms with Gasteiger partial charge in [-0.15, -0.1) is 0 Å². The van der Waals surface area contributed by atoms with Crippen LogP contribution in [-0.2, 0) is 4.79 Å². The fourth-order valence-corrected chi connectivity index (χ4v) is 2.62. The first-order chi connectivity index (χ1) is 11.7. The number of aromatic nitrogens is 2. The van der Waals surface area contributed by atoms with Gasteiger partial charge in [0.25, 0.3) is 5.91 Å². The van der Waals surface area contributed by atoms with E-state index in [4.69, 9.17) is 4.74 Å². The van der Waals surface area contributed by atoms with Crippen molar-refractivity contribution in [1.29, 1.82) is 0 Å². The van der Waals surface area contributed by atoms with Crippen LogP contribution < -0.4 is 15.0 Å². The van der Waals surface area contributed by atoms with Gasteiger partial charge in [0.05, 0.1) is 18.1 Å². The number of nitrogens with zero attached hydrogens (tertiary/aromatic N) is 3. The highest BCUT2D eigenvalue weighted by atomic mass is 16.5. The summed E-state index contributed by atoms with van der Waals surface area (Å²) in [5.74, 6) is 1.92. The van der Waals surface area contributed by atoms with Gasteiger partial charge < -0.3 is 15.0 Å². The molecule has 0 aliphatic carbocycles. The van der Waals surface area contributed by atoms with E-state index in [9.17, 15) is 4.79 Å². The van der Waals surface area contributed by atoms with Crippen molar-refractivity contribution in [3.63, 3.8) is 0 Å². The first-order valence-electron chi connectivity index (χ1n) is 8.25. The molecule has 2 aromatic rings. The number of hydrogen-bond acceptors (Lipinski definition) is 5. The molecule has 1 aromatic carbocycles. The third-order valence-corrected chi connectivity index (χ3v) is 4.10. The maximum absolute atomic E-state index is 11.9. The molecule has 3 rings (SSSR count). The summed E-state index contributed by atoms with van der Waals surface area (Å²) < 4.78 is 5.41. The molecule has 1 fully saturated rings. The number of hydrogen-bond donors (Lipinski definition) is 1. The minimum absolute atomic E-state index is 0.0459. The van der Waals surface area contributed by atoms with Gasteiger partial charge in [0.1, 0.15) is 5.75 Å². The molecule has 6 heteroatoms. The van der Waals surface area contributed by atoms with E-state index in [1.54, 1.807) is 12.4 Å². The van der Waals surface area contributed by atoms with E-state index < -0.39 is 0 Å². The standard InChI is InChI=1S/C18H22N4O2/c1-14-7-9-22(10-8-14)18-19-11-15(12-20-18)21-17(23)13-24-16-5-3-2-4-6-16/h2-6,11-12,14H,7-10,13H2,1H3,(H,21,23). The molecule has 0 radical (unpaired) electrons. The lowest BCUT2D eigenvalue weighted by molar-refractivity contribution is -0.118. The second-order valence-electron chi connectivity index (χ2n) is 6.09. The van der Waals surface area contributed by atoms with Crippen LogP contribution in [0.15, 0.2) is 42.7 Å². The molecule has 1 saturated heterocycles. The number of rotatable bonds is 5. The second-order valence-corrected chi connectivity index (χ2v) is 6.09. The largest absolute Gasteiger partial charge is 0.484 e. The zero-order valence-corrected chi connectivity index (χ0v) is 13.8. The van der Waals surface area contributed by atoms with E-state index in [1.165, 1.54) is 12.8 Å². The Balaban J connectivity index is 1.49. The molecule has 126 valence electrons. The van der Waals surface area contributed by atoms with Crippen molar-refractivity contribution in [3.8, 4) is 5.75 Å². The number of anilines is 2. The first kappa shape index (κ1) is 16.2. The molecule has 0 spiro atoms. The molecule has 2 heterocycles. The van der Waals surface area contributed by atoms with Gasteiger partial charge in [-0.1, -0.05) is 25.1 Å². The molecule has 1 amide bonds. The fourth-order valence-electron chi connectivity index (χ4n) is 2.62. The molecular weight excluding hydrogens is 304 g/mol. The number of carbonyl (C=O) groups excluding carboxylic acids is 1. The van der Waals surface area contributed by atoms with Crippen LogP contribution in [0, 0.1) is 5.92 Å². The second kappa shape index (κ2) is 7.77. The van der Waals surface area contributed by atoms with E-state index in [-0.39, 0.29) is 12.5 Å². The predicted octanol–water partition coefficient (Wildman–Crippen LogP) is 2.73. The Morgan fingerprint density at radius 3 is 2.54 bits per heavy atom. The minimum Gasteiger partial charge on any atom is -0.484 e. The number of para-hydroxylation sites is 1. The summed E-state index contributed by atoms with van der Waals surface area (Å²) in [6, 6.07) is 9.24. The lowest BCUT2D eigenvalue weighted by atomic mass is 10.00. The Morgan fingerprint density at radius 1 is 1.21 bits per heavy atom. The summed E-state index contributed by atoms with van der Waals surface area (Å²) in [5, 5.41) is 2.74. The summed E-state index contributed by atoms with van der Waals surface area (Å²) in [6.07, 6.45) is 5.61. The van der Waals surface area contributed by atoms with E-state index in [0.29, 0.717) is 11.4 Å². The summed E-state index contributed by atoms with van der Waals surface area (Å²) in [5.41, 5.74) is 0.575. The van der Waals surface area contributed by atoms with Gasteiger partial charge in [-0.2, -0.15) is 0 Å². The van der Waals surface area contributed by atoms with Gasteiger partial charge in [-0.05, 0) is 30.9 Å². The van der Waals surface area contributed by atoms with Crippen LogP contribution in [-0.4, -0.2) is 35.6 Å². The third kappa shape index (κ3) is 4.44. The molecule has 24 heavy (non-hydrogen) atoms. The summed E-state index contributed by atoms with van der Waals surface area (Å²) in [6.45, 7) is 4.19. The Morgan fingerprint density at radius 2 is 1.88 bits per heavy atom. The van der Waals surface area contributed by atoms with Crippen molar-refractivity contribution in [2.24, 2.45) is 5.92 Å². The average Bonchev–Trinajstić information content (AvgIpc) is 2.62. The minimum atomic E-state index is -0.234. The van der Waals surface area contributed by atoms with Crippen LogP contribution in [0.1, 0.15) is 19.8 Å². The van der Waals surface area contributed by atoms with Crippen molar-refractivity contribution in [2.45, 2.75) is 19.8 Å². The van der Waals surface area contributed by atoms with Gasteiger partial charge in [0.2, 0.25) is 5.95 Å². The third-order valence-electron chi connectivity index (χ3n) is 4.10. The molecule has 1 aliphatic rings. The van der Waals surface area contributed by atoms with Gasteiger partial charge in [0, 0.05) is 13.1 Å². The maximum Gasteiger partial charge on any atom is 0.262 e. The van der Waals surface area contributed by atoms with Crippen molar-refractivity contribution < 1.29 is 9.53 Å². The Labute approximate surface area is 141 Å². The van der Waals surface area contributed by atoms with Crippen LogP contribution in [0.5, 0.6) is 5.75 Å². The SMILES string of the molecule is CC1CCN(c2ncc(NC(=O)COc3ccccc3)cn2)CC1. The van der Waals surface area contributed by atoms with E-state index >= 15 is 0 Å². The van der Waals surface area contributed by atoms with Crippen molar-refractivity contribution in [3.05, 3.63) is 42.7 Å². The fraction of sp³-hybridized carbons (Fsp3) is 0.389. The monoisotopic (exact) mass is 326 g/mol. The number of piperidine rings is 1. The number of ether oxygens (including phenoxy) is 1. The zero-order valence-electron chi connectivity index (χ0n) is 13.8. The molecule has 0 bridgehead atoms. The predicted molar refractivity (Wildman–Crippen MR) is 93.2 cm³/mol. The Bertz CT molecular complexity index is 652. The lowest BCUT2D eigenvalue weighted by Crippen LogP contribution is -2.34. The summed E-state index contributed by atoms with van der Waals surface area (Å²) in [4.78, 5) is 22.8. The molecule has 1 N–H and O–H groups in total. The molecule has 0 saturated carbocycles. The van der Waals surface area contributed by atoms with Crippen LogP contribution in [0.25, 0.3) is 0 Å². The maximum atomic E-state index is 11.9. The highest BCUT2D eigenvalue weighted by molar-refractivity contribution is 5.91. The quantitative estimate of drug-likeness (QED) is 0.915. The zero-order chi connectivity index (χ0) is 16.8. The van der Waals surface area contributed by atoms with Gasteiger partial charge >= 0.3 is 0 Å². The smallest absolute Gasteiger partial charge is 0.262 e. The van der Waals surface area contributed by atoms with Crippen molar-refractivity contribution >= 4 is 17.5 Å². The van der Waals surface area contributed by atoms with E-state index in [1.807, 2.05) is 30.3 Å². The van der Waals surface area contributed by atoms with Crippen LogP contribution >= 0.6 is 0 Å². The van der Waals surface area contributed by atoms with Gasteiger partial charge in [0.15, 0.2) is 6.61 Å². The Hall–Kier alpha value is -2.63. The normalized spacial score (nSPS) is 15.1. The molecule has 0 atom stereocenters.